The van der Waals surface area contributed by atoms with E-state index in [1.54, 1.807) is 6.08 Å². The van der Waals surface area contributed by atoms with Crippen LogP contribution in [0, 0.1) is 0 Å². The van der Waals surface area contributed by atoms with Crippen molar-refractivity contribution in [1.82, 2.24) is 5.32 Å². The Balaban J connectivity index is 2.49. The summed E-state index contributed by atoms with van der Waals surface area (Å²) in [7, 11) is 0. The van der Waals surface area contributed by atoms with E-state index in [4.69, 9.17) is 9.47 Å². The van der Waals surface area contributed by atoms with Gasteiger partial charge in [0.15, 0.2) is 6.29 Å². The molecule has 1 aliphatic rings. The van der Waals surface area contributed by atoms with Crippen LogP contribution in [0.1, 0.15) is 149 Å². The number of hydrogen-bond acceptors (Lipinski definition) is 8. The molecular formula is C43H75NO8. The fraction of sp³-hybridized carbons (Fsp3) is 0.744. The van der Waals surface area contributed by atoms with Crippen LogP contribution in [0.25, 0.3) is 0 Å². The molecule has 0 radical (unpaired) electrons. The Morgan fingerprint density at radius 2 is 1.19 bits per heavy atom. The summed E-state index contributed by atoms with van der Waals surface area (Å²) in [5.41, 5.74) is 0. The SMILES string of the molecule is CCC/C=C\C/C=C\CCCCCCCC(=O)NC(COC1OC(CO)C(O)C(O)C1O)C(O)/C=C/CC/C=C/CC/C=C/CCCCCCCC. The molecule has 7 unspecified atom stereocenters. The lowest BCUT2D eigenvalue weighted by Crippen LogP contribution is -2.60. The van der Waals surface area contributed by atoms with Crippen LogP contribution in [0.3, 0.4) is 0 Å². The maximum Gasteiger partial charge on any atom is 0.220 e. The molecule has 0 spiro atoms. The number of aliphatic hydroxyl groups excluding tert-OH is 5. The highest BCUT2D eigenvalue weighted by Crippen LogP contribution is 2.22. The average Bonchev–Trinajstić information content (AvgIpc) is 3.14. The summed E-state index contributed by atoms with van der Waals surface area (Å²) in [5, 5.41) is 54.0. The van der Waals surface area contributed by atoms with Gasteiger partial charge in [-0.1, -0.05) is 132 Å². The minimum absolute atomic E-state index is 0.210. The molecule has 9 nitrogen and oxygen atoms in total. The molecule has 6 N–H and O–H groups in total. The number of unbranched alkanes of at least 4 members (excludes halogenated alkanes) is 14. The molecule has 1 rings (SSSR count). The third kappa shape index (κ3) is 24.3. The van der Waals surface area contributed by atoms with E-state index >= 15 is 0 Å². The Morgan fingerprint density at radius 3 is 1.81 bits per heavy atom. The van der Waals surface area contributed by atoms with Gasteiger partial charge in [-0.3, -0.25) is 4.79 Å². The van der Waals surface area contributed by atoms with Gasteiger partial charge in [-0.2, -0.15) is 0 Å². The fourth-order valence-corrected chi connectivity index (χ4v) is 5.93. The highest BCUT2D eigenvalue weighted by atomic mass is 16.7. The summed E-state index contributed by atoms with van der Waals surface area (Å²) >= 11 is 0. The lowest BCUT2D eigenvalue weighted by Gasteiger charge is -2.40. The standard InChI is InChI=1S/C43H75NO8/c1-3-5-7-9-11-13-15-17-18-19-21-22-24-26-28-30-32-37(46)36(35-51-43-42(50)41(49)40(48)38(34-45)52-43)44-39(47)33-31-29-27-25-23-20-16-14-12-10-8-6-4-2/h8,10,14,16-18,22,24,30,32,36-38,40-43,45-46,48-50H,3-7,9,11-13,15,19-21,23,25-29,31,33-35H2,1-2H3,(H,44,47)/b10-8-,16-14-,18-17+,24-22+,32-30+. The zero-order chi connectivity index (χ0) is 38.1. The molecule has 52 heavy (non-hydrogen) atoms. The van der Waals surface area contributed by atoms with Crippen LogP contribution < -0.4 is 5.32 Å². The van der Waals surface area contributed by atoms with Crippen molar-refractivity contribution in [1.29, 1.82) is 0 Å². The highest BCUT2D eigenvalue weighted by Gasteiger charge is 2.44. The third-order valence-electron chi connectivity index (χ3n) is 9.27. The van der Waals surface area contributed by atoms with Crippen LogP contribution >= 0.6 is 0 Å². The van der Waals surface area contributed by atoms with Crippen molar-refractivity contribution in [3.63, 3.8) is 0 Å². The predicted molar refractivity (Wildman–Crippen MR) is 212 cm³/mol. The topological polar surface area (TPSA) is 149 Å². The summed E-state index contributed by atoms with van der Waals surface area (Å²) in [5.74, 6) is -0.210. The molecule has 0 aliphatic carbocycles. The van der Waals surface area contributed by atoms with Crippen molar-refractivity contribution in [3.8, 4) is 0 Å². The molecule has 1 saturated heterocycles. The van der Waals surface area contributed by atoms with E-state index in [-0.39, 0.29) is 12.5 Å². The lowest BCUT2D eigenvalue weighted by molar-refractivity contribution is -0.302. The Morgan fingerprint density at radius 1 is 0.654 bits per heavy atom. The molecule has 0 aromatic heterocycles. The van der Waals surface area contributed by atoms with Gasteiger partial charge in [0.2, 0.25) is 5.91 Å². The molecule has 1 heterocycles. The van der Waals surface area contributed by atoms with Crippen LogP contribution in [0.15, 0.2) is 60.8 Å². The van der Waals surface area contributed by atoms with E-state index in [9.17, 15) is 30.3 Å². The van der Waals surface area contributed by atoms with Crippen LogP contribution in [0.4, 0.5) is 0 Å². The van der Waals surface area contributed by atoms with E-state index in [0.717, 1.165) is 83.5 Å². The van der Waals surface area contributed by atoms with Gasteiger partial charge in [0.05, 0.1) is 25.4 Å². The third-order valence-corrected chi connectivity index (χ3v) is 9.27. The molecule has 1 amide bonds. The molecule has 0 aromatic carbocycles. The molecule has 0 bridgehead atoms. The molecule has 0 saturated carbocycles. The average molecular weight is 734 g/mol. The van der Waals surface area contributed by atoms with Gasteiger partial charge in [-0.25, -0.2) is 0 Å². The molecule has 1 aliphatic heterocycles. The highest BCUT2D eigenvalue weighted by molar-refractivity contribution is 5.76. The summed E-state index contributed by atoms with van der Waals surface area (Å²) in [6.07, 6.45) is 35.4. The normalized spacial score (nSPS) is 22.5. The van der Waals surface area contributed by atoms with Gasteiger partial charge >= 0.3 is 0 Å². The maximum atomic E-state index is 12.9. The van der Waals surface area contributed by atoms with Crippen LogP contribution in [0.2, 0.25) is 0 Å². The molecule has 0 aromatic rings. The van der Waals surface area contributed by atoms with Crippen molar-refractivity contribution in [2.45, 2.75) is 192 Å². The van der Waals surface area contributed by atoms with Crippen molar-refractivity contribution >= 4 is 5.91 Å². The molecule has 300 valence electrons. The quantitative estimate of drug-likeness (QED) is 0.0305. The smallest absolute Gasteiger partial charge is 0.220 e. The van der Waals surface area contributed by atoms with Crippen molar-refractivity contribution in [3.05, 3.63) is 60.8 Å². The van der Waals surface area contributed by atoms with E-state index in [1.165, 1.54) is 44.9 Å². The first-order valence-corrected chi connectivity index (χ1v) is 20.5. The van der Waals surface area contributed by atoms with Gasteiger partial charge in [0.1, 0.15) is 24.4 Å². The van der Waals surface area contributed by atoms with E-state index in [1.807, 2.05) is 6.08 Å². The minimum Gasteiger partial charge on any atom is -0.394 e. The van der Waals surface area contributed by atoms with Crippen LogP contribution in [0.5, 0.6) is 0 Å². The van der Waals surface area contributed by atoms with E-state index < -0.39 is 49.5 Å². The Labute approximate surface area is 316 Å². The number of carbonyl (C=O) groups excluding carboxylic acids is 1. The van der Waals surface area contributed by atoms with Gasteiger partial charge in [-0.15, -0.1) is 0 Å². The number of aliphatic hydroxyl groups is 5. The molecule has 7 atom stereocenters. The Bertz CT molecular complexity index is 994. The monoisotopic (exact) mass is 734 g/mol. The van der Waals surface area contributed by atoms with E-state index in [2.05, 4.69) is 67.8 Å². The lowest BCUT2D eigenvalue weighted by atomic mass is 9.99. The van der Waals surface area contributed by atoms with Crippen molar-refractivity contribution < 1.29 is 39.8 Å². The molecule has 9 heteroatoms. The minimum atomic E-state index is -1.58. The number of nitrogens with one attached hydrogen (secondary N) is 1. The van der Waals surface area contributed by atoms with Gasteiger partial charge in [0.25, 0.3) is 0 Å². The second kappa shape index (κ2) is 33.5. The van der Waals surface area contributed by atoms with Gasteiger partial charge < -0.3 is 40.3 Å². The van der Waals surface area contributed by atoms with Crippen LogP contribution in [-0.4, -0.2) is 87.5 Å². The summed E-state index contributed by atoms with van der Waals surface area (Å²) in [6, 6.07) is -0.835. The number of amides is 1. The summed E-state index contributed by atoms with van der Waals surface area (Å²) < 4.78 is 11.1. The second-order valence-electron chi connectivity index (χ2n) is 14.1. The van der Waals surface area contributed by atoms with Crippen molar-refractivity contribution in [2.75, 3.05) is 13.2 Å². The number of allylic oxidation sites excluding steroid dienone is 9. The van der Waals surface area contributed by atoms with Gasteiger partial charge in [0, 0.05) is 6.42 Å². The zero-order valence-corrected chi connectivity index (χ0v) is 32.5. The summed E-state index contributed by atoms with van der Waals surface area (Å²) in [6.45, 7) is 3.63. The Hall–Kier alpha value is -2.11. The maximum absolute atomic E-state index is 12.9. The zero-order valence-electron chi connectivity index (χ0n) is 32.5. The van der Waals surface area contributed by atoms with E-state index in [0.29, 0.717) is 6.42 Å². The van der Waals surface area contributed by atoms with Gasteiger partial charge in [-0.05, 0) is 70.6 Å². The molecule has 1 fully saturated rings. The first-order valence-electron chi connectivity index (χ1n) is 20.5. The summed E-state index contributed by atoms with van der Waals surface area (Å²) in [4.78, 5) is 12.9. The first kappa shape index (κ1) is 47.9. The first-order chi connectivity index (χ1) is 25.3. The van der Waals surface area contributed by atoms with Crippen LogP contribution in [-0.2, 0) is 14.3 Å². The van der Waals surface area contributed by atoms with Crippen molar-refractivity contribution in [2.24, 2.45) is 0 Å². The number of ether oxygens (including phenoxy) is 2. The number of carbonyl (C=O) groups is 1. The largest absolute Gasteiger partial charge is 0.394 e. The number of rotatable bonds is 32. The fourth-order valence-electron chi connectivity index (χ4n) is 5.93. The second-order valence-corrected chi connectivity index (χ2v) is 14.1. The predicted octanol–water partition coefficient (Wildman–Crippen LogP) is 7.66. The molecular weight excluding hydrogens is 658 g/mol. The Kier molecular flexibility index (Phi) is 30.8. The number of hydrogen-bond donors (Lipinski definition) is 6.